The molecular weight excluding hydrogens is 244 g/mol. The third-order valence-corrected chi connectivity index (χ3v) is 4.56. The van der Waals surface area contributed by atoms with Crippen molar-refractivity contribution in [3.63, 3.8) is 0 Å². The van der Waals surface area contributed by atoms with Crippen molar-refractivity contribution in [1.82, 2.24) is 9.88 Å². The normalized spacial score (nSPS) is 21.1. The first-order chi connectivity index (χ1) is 8.67. The average Bonchev–Trinajstić information content (AvgIpc) is 2.76. The zero-order valence-electron chi connectivity index (χ0n) is 11.3. The quantitative estimate of drug-likeness (QED) is 0.821. The lowest BCUT2D eigenvalue weighted by atomic mass is 9.95. The van der Waals surface area contributed by atoms with Crippen LogP contribution in [-0.4, -0.2) is 35.3 Å². The molecule has 18 heavy (non-hydrogen) atoms. The molecule has 1 saturated heterocycles. The molecule has 0 aromatic carbocycles. The Kier molecular flexibility index (Phi) is 4.89. The van der Waals surface area contributed by atoms with Gasteiger partial charge in [0.05, 0.1) is 5.01 Å². The molecule has 0 bridgehead atoms. The monoisotopic (exact) mass is 266 g/mol. The fraction of sp³-hybridized carbons (Fsp3) is 0.714. The molecule has 1 aliphatic heterocycles. The van der Waals surface area contributed by atoms with E-state index in [9.17, 15) is 4.79 Å². The number of piperidine rings is 1. The van der Waals surface area contributed by atoms with Crippen molar-refractivity contribution >= 4 is 17.1 Å². The minimum absolute atomic E-state index is 0.222. The van der Waals surface area contributed by atoms with Gasteiger partial charge < -0.3 is 4.90 Å². The molecule has 2 heterocycles. The lowest BCUT2D eigenvalue weighted by molar-refractivity contribution is -0.116. The first-order valence-corrected chi connectivity index (χ1v) is 7.64. The van der Waals surface area contributed by atoms with Crippen LogP contribution in [0.15, 0.2) is 6.20 Å². The molecule has 0 spiro atoms. The van der Waals surface area contributed by atoms with Crippen molar-refractivity contribution in [3.8, 4) is 0 Å². The number of hydrogen-bond donors (Lipinski definition) is 0. The zero-order valence-corrected chi connectivity index (χ0v) is 12.1. The molecule has 0 N–H and O–H groups in total. The number of ketones is 1. The lowest BCUT2D eigenvalue weighted by Crippen LogP contribution is -2.35. The number of hydrogen-bond acceptors (Lipinski definition) is 4. The number of carbonyl (C=O) groups excluding carboxylic acids is 1. The molecule has 1 atom stereocenters. The number of nitrogens with zero attached hydrogens (tertiary/aromatic N) is 2. The Balaban J connectivity index is 1.88. The van der Waals surface area contributed by atoms with E-state index in [0.29, 0.717) is 6.42 Å². The fourth-order valence-corrected chi connectivity index (χ4v) is 3.73. The van der Waals surface area contributed by atoms with E-state index in [1.54, 1.807) is 18.3 Å². The Hall–Kier alpha value is -0.740. The standard InChI is InChI=1S/C14H22N2OS/c1-3-16-6-4-5-12(10-16)8-14-15-9-13(18-14)7-11(2)17/h9,12H,3-8,10H2,1-2H3. The zero-order chi connectivity index (χ0) is 13.0. The summed E-state index contributed by atoms with van der Waals surface area (Å²) in [6, 6.07) is 0. The van der Waals surface area contributed by atoms with Gasteiger partial charge in [0, 0.05) is 30.5 Å². The molecule has 1 fully saturated rings. The van der Waals surface area contributed by atoms with E-state index in [4.69, 9.17) is 0 Å². The summed E-state index contributed by atoms with van der Waals surface area (Å²) in [6.45, 7) is 7.49. The number of likely N-dealkylation sites (tertiary alicyclic amines) is 1. The largest absolute Gasteiger partial charge is 0.303 e. The highest BCUT2D eigenvalue weighted by molar-refractivity contribution is 7.11. The van der Waals surface area contributed by atoms with Gasteiger partial charge in [-0.05, 0) is 38.8 Å². The number of aromatic nitrogens is 1. The van der Waals surface area contributed by atoms with Crippen LogP contribution in [0, 0.1) is 5.92 Å². The smallest absolute Gasteiger partial charge is 0.135 e. The van der Waals surface area contributed by atoms with Crippen molar-refractivity contribution in [1.29, 1.82) is 0 Å². The van der Waals surface area contributed by atoms with Crippen LogP contribution in [0.25, 0.3) is 0 Å². The summed E-state index contributed by atoms with van der Waals surface area (Å²) >= 11 is 1.71. The summed E-state index contributed by atoms with van der Waals surface area (Å²) in [6.07, 6.45) is 6.13. The molecular formula is C14H22N2OS. The van der Waals surface area contributed by atoms with Gasteiger partial charge in [-0.1, -0.05) is 6.92 Å². The van der Waals surface area contributed by atoms with E-state index >= 15 is 0 Å². The molecule has 0 radical (unpaired) electrons. The van der Waals surface area contributed by atoms with Crippen LogP contribution in [-0.2, 0) is 17.6 Å². The van der Waals surface area contributed by atoms with E-state index in [1.165, 1.54) is 30.9 Å². The maximum atomic E-state index is 11.1. The number of rotatable bonds is 5. The molecule has 3 nitrogen and oxygen atoms in total. The number of thiazole rings is 1. The van der Waals surface area contributed by atoms with Crippen molar-refractivity contribution in [3.05, 3.63) is 16.1 Å². The van der Waals surface area contributed by atoms with Gasteiger partial charge in [-0.25, -0.2) is 4.98 Å². The van der Waals surface area contributed by atoms with Crippen molar-refractivity contribution in [2.24, 2.45) is 5.92 Å². The van der Waals surface area contributed by atoms with Crippen LogP contribution >= 0.6 is 11.3 Å². The molecule has 1 unspecified atom stereocenters. The molecule has 1 aromatic rings. The van der Waals surface area contributed by atoms with Gasteiger partial charge in [-0.2, -0.15) is 0 Å². The Labute approximate surface area is 113 Å². The maximum Gasteiger partial charge on any atom is 0.135 e. The topological polar surface area (TPSA) is 33.2 Å². The van der Waals surface area contributed by atoms with Crippen LogP contribution in [0.5, 0.6) is 0 Å². The van der Waals surface area contributed by atoms with E-state index in [1.807, 2.05) is 6.20 Å². The molecule has 0 saturated carbocycles. The maximum absolute atomic E-state index is 11.1. The molecule has 1 aliphatic rings. The van der Waals surface area contributed by atoms with Crippen molar-refractivity contribution < 1.29 is 4.79 Å². The molecule has 100 valence electrons. The Morgan fingerprint density at radius 3 is 3.17 bits per heavy atom. The highest BCUT2D eigenvalue weighted by Gasteiger charge is 2.20. The Morgan fingerprint density at radius 2 is 2.44 bits per heavy atom. The third kappa shape index (κ3) is 3.89. The van der Waals surface area contributed by atoms with E-state index in [2.05, 4.69) is 16.8 Å². The van der Waals surface area contributed by atoms with Crippen LogP contribution in [0.2, 0.25) is 0 Å². The van der Waals surface area contributed by atoms with Gasteiger partial charge in [0.15, 0.2) is 0 Å². The van der Waals surface area contributed by atoms with E-state index in [0.717, 1.165) is 23.8 Å². The van der Waals surface area contributed by atoms with Gasteiger partial charge in [-0.3, -0.25) is 4.79 Å². The van der Waals surface area contributed by atoms with Gasteiger partial charge in [0.2, 0.25) is 0 Å². The summed E-state index contributed by atoms with van der Waals surface area (Å²) in [5.74, 6) is 0.968. The molecule has 2 rings (SSSR count). The molecule has 1 aromatic heterocycles. The second-order valence-electron chi connectivity index (χ2n) is 5.20. The van der Waals surface area contributed by atoms with Crippen LogP contribution in [0.3, 0.4) is 0 Å². The van der Waals surface area contributed by atoms with Gasteiger partial charge in [-0.15, -0.1) is 11.3 Å². The van der Waals surface area contributed by atoms with Gasteiger partial charge in [0.1, 0.15) is 5.78 Å². The van der Waals surface area contributed by atoms with Gasteiger partial charge >= 0.3 is 0 Å². The number of carbonyl (C=O) groups is 1. The SMILES string of the molecule is CCN1CCCC(Cc2ncc(CC(C)=O)s2)C1. The summed E-state index contributed by atoms with van der Waals surface area (Å²) < 4.78 is 0. The minimum Gasteiger partial charge on any atom is -0.303 e. The fourth-order valence-electron chi connectivity index (χ4n) is 2.62. The first kappa shape index (κ1) is 13.7. The highest BCUT2D eigenvalue weighted by atomic mass is 32.1. The second kappa shape index (κ2) is 6.43. The van der Waals surface area contributed by atoms with Crippen LogP contribution < -0.4 is 0 Å². The Bertz CT molecular complexity index is 402. The third-order valence-electron chi connectivity index (χ3n) is 3.54. The molecule has 0 amide bonds. The lowest BCUT2D eigenvalue weighted by Gasteiger charge is -2.31. The van der Waals surface area contributed by atoms with Gasteiger partial charge in [0.25, 0.3) is 0 Å². The molecule has 4 heteroatoms. The Morgan fingerprint density at radius 1 is 1.61 bits per heavy atom. The molecule has 0 aliphatic carbocycles. The van der Waals surface area contributed by atoms with E-state index in [-0.39, 0.29) is 5.78 Å². The summed E-state index contributed by atoms with van der Waals surface area (Å²) in [5, 5.41) is 1.20. The van der Waals surface area contributed by atoms with Crippen LogP contribution in [0.1, 0.15) is 36.6 Å². The first-order valence-electron chi connectivity index (χ1n) is 6.82. The van der Waals surface area contributed by atoms with E-state index < -0.39 is 0 Å². The summed E-state index contributed by atoms with van der Waals surface area (Å²) in [4.78, 5) is 19.2. The summed E-state index contributed by atoms with van der Waals surface area (Å²) in [7, 11) is 0. The summed E-state index contributed by atoms with van der Waals surface area (Å²) in [5.41, 5.74) is 0. The van der Waals surface area contributed by atoms with Crippen LogP contribution in [0.4, 0.5) is 0 Å². The predicted octanol–water partition coefficient (Wildman–Crippen LogP) is 2.55. The minimum atomic E-state index is 0.222. The highest BCUT2D eigenvalue weighted by Crippen LogP contribution is 2.23. The predicted molar refractivity (Wildman–Crippen MR) is 75.0 cm³/mol. The second-order valence-corrected chi connectivity index (χ2v) is 6.40. The number of Topliss-reactive ketones (excluding diaryl/α,β-unsaturated/α-hetero) is 1. The van der Waals surface area contributed by atoms with Crippen molar-refractivity contribution in [2.45, 2.75) is 39.5 Å². The van der Waals surface area contributed by atoms with Crippen molar-refractivity contribution in [2.75, 3.05) is 19.6 Å². The average molecular weight is 266 g/mol.